The maximum atomic E-state index is 13.0. The lowest BCUT2D eigenvalue weighted by atomic mass is 10.1. The van der Waals surface area contributed by atoms with Gasteiger partial charge in [-0.25, -0.2) is 8.42 Å². The molecule has 0 spiro atoms. The number of aromatic nitrogens is 3. The summed E-state index contributed by atoms with van der Waals surface area (Å²) in [6.07, 6.45) is 0.494. The van der Waals surface area contributed by atoms with Gasteiger partial charge in [-0.15, -0.1) is 0 Å². The summed E-state index contributed by atoms with van der Waals surface area (Å²) < 4.78 is 23.6. The van der Waals surface area contributed by atoms with Crippen LogP contribution < -0.4 is 0 Å². The molecular weight excluding hydrogens is 330 g/mol. The highest BCUT2D eigenvalue weighted by atomic mass is 32.2. The Morgan fingerprint density at radius 3 is 2.67 bits per heavy atom. The second-order valence-electron chi connectivity index (χ2n) is 6.39. The zero-order chi connectivity index (χ0) is 17.3. The van der Waals surface area contributed by atoms with Gasteiger partial charge >= 0.3 is 0 Å². The monoisotopic (exact) mass is 351 g/mol. The number of carbonyl (C=O) groups excluding carboxylic acids is 1. The van der Waals surface area contributed by atoms with Crippen LogP contribution in [-0.2, 0) is 9.84 Å². The molecule has 0 aliphatic carbocycles. The van der Waals surface area contributed by atoms with Crippen molar-refractivity contribution >= 4 is 26.8 Å². The molecule has 2 aromatic rings. The van der Waals surface area contributed by atoms with Crippen LogP contribution in [0.5, 0.6) is 0 Å². The molecule has 1 aromatic carbocycles. The van der Waals surface area contributed by atoms with Gasteiger partial charge in [0.05, 0.1) is 11.5 Å². The van der Waals surface area contributed by atoms with Crippen molar-refractivity contribution in [1.82, 2.24) is 25.2 Å². The van der Waals surface area contributed by atoms with Crippen LogP contribution >= 0.6 is 0 Å². The van der Waals surface area contributed by atoms with Gasteiger partial charge in [0.25, 0.3) is 5.91 Å². The molecular formula is C15H21N5O3S. The third-order valence-corrected chi connectivity index (χ3v) is 6.01. The van der Waals surface area contributed by atoms with Crippen molar-refractivity contribution in [2.75, 3.05) is 38.7 Å². The number of nitrogens with zero attached hydrogens (tertiary/aromatic N) is 4. The average Bonchev–Trinajstić information content (AvgIpc) is 3.12. The Hall–Kier alpha value is -2.00. The lowest BCUT2D eigenvalue weighted by Gasteiger charge is -2.29. The first-order chi connectivity index (χ1) is 11.4. The number of sulfone groups is 1. The molecule has 0 radical (unpaired) electrons. The zero-order valence-electron chi connectivity index (χ0n) is 13.8. The lowest BCUT2D eigenvalue weighted by Crippen LogP contribution is -2.44. The van der Waals surface area contributed by atoms with Crippen LogP contribution in [0.4, 0.5) is 0 Å². The van der Waals surface area contributed by atoms with Gasteiger partial charge in [-0.1, -0.05) is 0 Å². The van der Waals surface area contributed by atoms with Gasteiger partial charge in [-0.3, -0.25) is 4.79 Å². The summed E-state index contributed by atoms with van der Waals surface area (Å²) in [6.45, 7) is 1.16. The third kappa shape index (κ3) is 3.57. The van der Waals surface area contributed by atoms with Gasteiger partial charge in [0.1, 0.15) is 11.0 Å². The van der Waals surface area contributed by atoms with E-state index in [0.717, 1.165) is 0 Å². The fourth-order valence-electron chi connectivity index (χ4n) is 2.92. The number of hydrogen-bond donors (Lipinski definition) is 1. The fourth-order valence-corrected chi connectivity index (χ4v) is 4.65. The summed E-state index contributed by atoms with van der Waals surface area (Å²) >= 11 is 0. The van der Waals surface area contributed by atoms with E-state index in [2.05, 4.69) is 15.4 Å². The Morgan fingerprint density at radius 1 is 1.25 bits per heavy atom. The van der Waals surface area contributed by atoms with E-state index < -0.39 is 9.84 Å². The van der Waals surface area contributed by atoms with E-state index in [1.165, 1.54) is 0 Å². The number of benzene rings is 1. The van der Waals surface area contributed by atoms with Crippen molar-refractivity contribution in [2.24, 2.45) is 0 Å². The van der Waals surface area contributed by atoms with Crippen molar-refractivity contribution in [3.63, 3.8) is 0 Å². The number of likely N-dealkylation sites (N-methyl/N-ethyl adjacent to an activating group) is 1. The molecule has 1 amide bonds. The summed E-state index contributed by atoms with van der Waals surface area (Å²) in [7, 11) is 0.797. The Kier molecular flexibility index (Phi) is 4.55. The molecule has 2 heterocycles. The molecule has 24 heavy (non-hydrogen) atoms. The van der Waals surface area contributed by atoms with Gasteiger partial charge < -0.3 is 9.80 Å². The van der Waals surface area contributed by atoms with E-state index in [0.29, 0.717) is 36.1 Å². The number of nitrogens with one attached hydrogen (secondary N) is 1. The molecule has 0 saturated carbocycles. The van der Waals surface area contributed by atoms with E-state index in [-0.39, 0.29) is 23.5 Å². The quantitative estimate of drug-likeness (QED) is 0.823. The second-order valence-corrected chi connectivity index (χ2v) is 8.61. The van der Waals surface area contributed by atoms with E-state index in [4.69, 9.17) is 0 Å². The highest BCUT2D eigenvalue weighted by Crippen LogP contribution is 2.21. The van der Waals surface area contributed by atoms with Gasteiger partial charge in [-0.2, -0.15) is 15.4 Å². The molecule has 8 nitrogen and oxygen atoms in total. The first-order valence-electron chi connectivity index (χ1n) is 7.82. The van der Waals surface area contributed by atoms with Gasteiger partial charge in [0.15, 0.2) is 9.84 Å². The second kappa shape index (κ2) is 6.48. The molecule has 3 rings (SSSR count). The summed E-state index contributed by atoms with van der Waals surface area (Å²) in [5.74, 6) is 0.0215. The maximum absolute atomic E-state index is 13.0. The molecule has 1 unspecified atom stereocenters. The van der Waals surface area contributed by atoms with Crippen LogP contribution in [0.3, 0.4) is 0 Å². The van der Waals surface area contributed by atoms with Crippen molar-refractivity contribution in [3.8, 4) is 0 Å². The predicted molar refractivity (Wildman–Crippen MR) is 90.5 cm³/mol. The van der Waals surface area contributed by atoms with Crippen LogP contribution in [0.1, 0.15) is 16.8 Å². The molecule has 130 valence electrons. The first kappa shape index (κ1) is 16.8. The minimum Gasteiger partial charge on any atom is -0.333 e. The number of aromatic amines is 1. The third-order valence-electron chi connectivity index (χ3n) is 4.26. The summed E-state index contributed by atoms with van der Waals surface area (Å²) in [6, 6.07) is 4.86. The molecule has 0 bridgehead atoms. The maximum Gasteiger partial charge on any atom is 0.254 e. The first-order valence-corrected chi connectivity index (χ1v) is 9.64. The number of fused-ring (bicyclic) bond motifs is 1. The molecule has 1 saturated heterocycles. The van der Waals surface area contributed by atoms with Gasteiger partial charge in [0, 0.05) is 24.7 Å². The molecule has 9 heteroatoms. The van der Waals surface area contributed by atoms with Crippen molar-refractivity contribution < 1.29 is 13.2 Å². The van der Waals surface area contributed by atoms with Crippen LogP contribution in [0.15, 0.2) is 18.2 Å². The zero-order valence-corrected chi connectivity index (χ0v) is 14.6. The lowest BCUT2D eigenvalue weighted by molar-refractivity contribution is 0.0684. The highest BCUT2D eigenvalue weighted by molar-refractivity contribution is 7.91. The predicted octanol–water partition coefficient (Wildman–Crippen LogP) is 0.149. The molecule has 1 fully saturated rings. The number of amides is 1. The van der Waals surface area contributed by atoms with E-state index in [9.17, 15) is 13.2 Å². The van der Waals surface area contributed by atoms with E-state index in [1.54, 1.807) is 23.1 Å². The SMILES string of the molecule is CN(C)CCN(C(=O)c1ccc2n[nH]nc2c1)C1CCS(=O)(=O)C1. The van der Waals surface area contributed by atoms with Crippen molar-refractivity contribution in [1.29, 1.82) is 0 Å². The molecule has 1 aliphatic rings. The Balaban J connectivity index is 1.86. The minimum atomic E-state index is -3.06. The standard InChI is InChI=1S/C15H21N5O3S/c1-19(2)6-7-20(12-5-8-24(22,23)10-12)15(21)11-3-4-13-14(9-11)17-18-16-13/h3-4,9,12H,5-8,10H2,1-2H3,(H,16,17,18). The summed E-state index contributed by atoms with van der Waals surface area (Å²) in [5, 5.41) is 10.5. The number of H-pyrrole nitrogens is 1. The van der Waals surface area contributed by atoms with Crippen LogP contribution in [0.2, 0.25) is 0 Å². The van der Waals surface area contributed by atoms with Crippen LogP contribution in [-0.4, -0.2) is 84.3 Å². The molecule has 1 aliphatic heterocycles. The number of hydrogen-bond acceptors (Lipinski definition) is 6. The van der Waals surface area contributed by atoms with E-state index in [1.807, 2.05) is 19.0 Å². The molecule has 1 aromatic heterocycles. The molecule has 1 atom stereocenters. The minimum absolute atomic E-state index is 0.0401. The number of rotatable bonds is 5. The summed E-state index contributed by atoms with van der Waals surface area (Å²) in [4.78, 5) is 16.6. The Labute approximate surface area is 140 Å². The van der Waals surface area contributed by atoms with Gasteiger partial charge in [0.2, 0.25) is 0 Å². The highest BCUT2D eigenvalue weighted by Gasteiger charge is 2.35. The number of carbonyl (C=O) groups is 1. The van der Waals surface area contributed by atoms with Gasteiger partial charge in [-0.05, 0) is 38.7 Å². The van der Waals surface area contributed by atoms with Crippen molar-refractivity contribution in [2.45, 2.75) is 12.5 Å². The van der Waals surface area contributed by atoms with E-state index >= 15 is 0 Å². The average molecular weight is 351 g/mol. The Morgan fingerprint density at radius 2 is 2.00 bits per heavy atom. The fraction of sp³-hybridized carbons (Fsp3) is 0.533. The normalized spacial score (nSPS) is 19.9. The summed E-state index contributed by atoms with van der Waals surface area (Å²) in [5.41, 5.74) is 1.81. The van der Waals surface area contributed by atoms with Crippen LogP contribution in [0.25, 0.3) is 11.0 Å². The Bertz CT molecular complexity index is 846. The molecule has 1 N–H and O–H groups in total. The van der Waals surface area contributed by atoms with Crippen LogP contribution in [0, 0.1) is 0 Å². The largest absolute Gasteiger partial charge is 0.333 e. The van der Waals surface area contributed by atoms with Crippen molar-refractivity contribution in [3.05, 3.63) is 23.8 Å². The topological polar surface area (TPSA) is 99.3 Å². The smallest absolute Gasteiger partial charge is 0.254 e.